The van der Waals surface area contributed by atoms with E-state index < -0.39 is 57.6 Å². The van der Waals surface area contributed by atoms with E-state index in [0.29, 0.717) is 12.8 Å². The van der Waals surface area contributed by atoms with E-state index in [-0.39, 0.29) is 12.8 Å². The van der Waals surface area contributed by atoms with Crippen molar-refractivity contribution in [1.82, 2.24) is 5.32 Å². The predicted molar refractivity (Wildman–Crippen MR) is 236 cm³/mol. The van der Waals surface area contributed by atoms with Crippen molar-refractivity contribution in [1.29, 1.82) is 0 Å². The van der Waals surface area contributed by atoms with Gasteiger partial charge in [-0.15, -0.1) is 0 Å². The molecule has 0 rings (SSSR count). The van der Waals surface area contributed by atoms with Crippen LogP contribution in [0.4, 0.5) is 0 Å². The fourth-order valence-corrected chi connectivity index (χ4v) is 7.35. The van der Waals surface area contributed by atoms with Gasteiger partial charge in [0.25, 0.3) is 0 Å². The lowest BCUT2D eigenvalue weighted by molar-refractivity contribution is -0.147. The lowest BCUT2D eigenvalue weighted by Crippen LogP contribution is -2.43. The highest BCUT2D eigenvalue weighted by molar-refractivity contribution is 7.47. The molecule has 0 aliphatic heterocycles. The molecule has 0 aliphatic rings. The Morgan fingerprint density at radius 3 is 1.43 bits per heavy atom. The Morgan fingerprint density at radius 2 is 0.948 bits per heavy atom. The zero-order valence-electron chi connectivity index (χ0n) is 36.9. The molecule has 0 spiro atoms. The highest BCUT2D eigenvalue weighted by Gasteiger charge is 2.28. The van der Waals surface area contributed by atoms with E-state index in [1.54, 1.807) is 0 Å². The maximum Gasteiger partial charge on any atom is 0.472 e. The Kier molecular flexibility index (Phi) is 40.2. The number of aliphatic hydroxyl groups excluding tert-OH is 1. The Balaban J connectivity index is 3.78. The average Bonchev–Trinajstić information content (AvgIpc) is 3.20. The van der Waals surface area contributed by atoms with Crippen molar-refractivity contribution in [2.45, 2.75) is 231 Å². The Bertz CT molecular complexity index is 1080. The molecule has 0 saturated heterocycles. The van der Waals surface area contributed by atoms with E-state index in [1.165, 1.54) is 135 Å². The predicted octanol–water partition coefficient (Wildman–Crippen LogP) is 12.2. The normalized spacial score (nSPS) is 13.9. The Morgan fingerprint density at radius 1 is 0.552 bits per heavy atom. The summed E-state index contributed by atoms with van der Waals surface area (Å²) in [6.45, 7) is 2.57. The van der Waals surface area contributed by atoms with Crippen molar-refractivity contribution in [3.05, 3.63) is 24.3 Å². The topological polar surface area (TPSA) is 169 Å². The first-order valence-electron chi connectivity index (χ1n) is 23.4. The van der Waals surface area contributed by atoms with Crippen LogP contribution in [-0.2, 0) is 32.7 Å². The molecule has 1 amide bonds. The number of carbonyl (C=O) groups is 3. The molecule has 0 aromatic rings. The number of rotatable bonds is 44. The highest BCUT2D eigenvalue weighted by Crippen LogP contribution is 2.43. The summed E-state index contributed by atoms with van der Waals surface area (Å²) in [5.74, 6) is -2.36. The van der Waals surface area contributed by atoms with Gasteiger partial charge in [0.2, 0.25) is 5.91 Å². The van der Waals surface area contributed by atoms with Crippen molar-refractivity contribution in [2.75, 3.05) is 19.8 Å². The van der Waals surface area contributed by atoms with Crippen LogP contribution in [0.25, 0.3) is 0 Å². The molecule has 0 aromatic carbocycles. The summed E-state index contributed by atoms with van der Waals surface area (Å²) in [5.41, 5.74) is 0. The minimum Gasteiger partial charge on any atom is -0.480 e. The van der Waals surface area contributed by atoms with Crippen LogP contribution in [0.5, 0.6) is 0 Å². The molecule has 0 heterocycles. The highest BCUT2D eigenvalue weighted by atomic mass is 31.2. The number of phosphoric acid groups is 1. The number of allylic oxidation sites excluding steroid dienone is 4. The van der Waals surface area contributed by atoms with Gasteiger partial charge in [0.15, 0.2) is 6.04 Å². The quantitative estimate of drug-likeness (QED) is 0.0200. The Labute approximate surface area is 353 Å². The number of carbonyl (C=O) groups excluding carboxylic acids is 2. The number of esters is 1. The number of nitrogens with one attached hydrogen (secondary N) is 1. The van der Waals surface area contributed by atoms with Crippen molar-refractivity contribution in [3.8, 4) is 0 Å². The second-order valence-corrected chi connectivity index (χ2v) is 17.4. The number of carboxylic acids is 1. The average molecular weight is 844 g/mol. The van der Waals surface area contributed by atoms with Crippen molar-refractivity contribution < 1.29 is 47.8 Å². The van der Waals surface area contributed by atoms with Crippen molar-refractivity contribution >= 4 is 25.7 Å². The Hall–Kier alpha value is -2.04. The SMILES string of the molecule is CCCCC/C=C\C/C=C\CCCCCCCCCCCCCCCC(=O)OCC(O)COP(=O)(O)OCC(NC(=O)CCCCCCCCCCCCC)C(=O)O. The van der Waals surface area contributed by atoms with Crippen LogP contribution in [0.3, 0.4) is 0 Å². The van der Waals surface area contributed by atoms with Gasteiger partial charge in [-0.2, -0.15) is 0 Å². The molecule has 58 heavy (non-hydrogen) atoms. The number of unbranched alkanes of at least 4 members (excludes halogenated alkanes) is 26. The lowest BCUT2D eigenvalue weighted by Gasteiger charge is -2.18. The van der Waals surface area contributed by atoms with Crippen molar-refractivity contribution in [2.24, 2.45) is 0 Å². The number of aliphatic hydroxyl groups is 1. The number of amides is 1. The maximum atomic E-state index is 12.3. The molecule has 0 bridgehead atoms. The van der Waals surface area contributed by atoms with Gasteiger partial charge >= 0.3 is 19.8 Å². The summed E-state index contributed by atoms with van der Waals surface area (Å²) in [6, 6.07) is -1.54. The largest absolute Gasteiger partial charge is 0.480 e. The second-order valence-electron chi connectivity index (χ2n) is 15.9. The molecule has 340 valence electrons. The smallest absolute Gasteiger partial charge is 0.472 e. The summed E-state index contributed by atoms with van der Waals surface area (Å²) in [5, 5.41) is 21.8. The van der Waals surface area contributed by atoms with E-state index >= 15 is 0 Å². The second kappa shape index (κ2) is 41.7. The first kappa shape index (κ1) is 56.0. The van der Waals surface area contributed by atoms with Gasteiger partial charge in [-0.25, -0.2) is 9.36 Å². The van der Waals surface area contributed by atoms with Crippen LogP contribution in [-0.4, -0.2) is 64.9 Å². The number of carboxylic acid groups (broad SMARTS) is 1. The van der Waals surface area contributed by atoms with Crippen LogP contribution >= 0.6 is 7.82 Å². The molecule has 3 atom stereocenters. The molecular weight excluding hydrogens is 757 g/mol. The first-order valence-corrected chi connectivity index (χ1v) is 24.9. The zero-order chi connectivity index (χ0) is 42.8. The molecule has 0 saturated carbocycles. The molecular formula is C46H86NO10P. The summed E-state index contributed by atoms with van der Waals surface area (Å²) < 4.78 is 26.8. The monoisotopic (exact) mass is 844 g/mol. The molecule has 4 N–H and O–H groups in total. The number of hydrogen-bond acceptors (Lipinski definition) is 8. The van der Waals surface area contributed by atoms with Crippen LogP contribution in [0, 0.1) is 0 Å². The summed E-state index contributed by atoms with van der Waals surface area (Å²) in [4.78, 5) is 45.9. The third kappa shape index (κ3) is 40.7. The molecule has 0 fully saturated rings. The van der Waals surface area contributed by atoms with Crippen LogP contribution in [0.15, 0.2) is 24.3 Å². The standard InChI is InChI=1S/C46H86NO10P/c1-3-5-7-9-11-13-15-16-17-18-19-20-21-22-23-24-25-26-28-30-32-34-36-38-45(50)55-39-42(48)40-56-58(53,54)57-41-43(46(51)52)47-44(49)37-35-33-31-29-27-14-12-10-8-6-4-2/h11,13,16-17,42-43,48H,3-10,12,14-15,18-41H2,1-2H3,(H,47,49)(H,51,52)(H,53,54)/b13-11-,17-16-. The van der Waals surface area contributed by atoms with Crippen molar-refractivity contribution in [3.63, 3.8) is 0 Å². The third-order valence-corrected chi connectivity index (χ3v) is 11.2. The van der Waals surface area contributed by atoms with E-state index in [0.717, 1.165) is 44.9 Å². The minimum absolute atomic E-state index is 0.149. The first-order chi connectivity index (χ1) is 28.1. The van der Waals surface area contributed by atoms with Gasteiger partial charge in [0.1, 0.15) is 12.7 Å². The number of aliphatic carboxylic acids is 1. The van der Waals surface area contributed by atoms with Crippen LogP contribution < -0.4 is 5.32 Å². The van der Waals surface area contributed by atoms with Gasteiger partial charge in [-0.05, 0) is 44.9 Å². The van der Waals surface area contributed by atoms with E-state index in [9.17, 15) is 34.1 Å². The van der Waals surface area contributed by atoms with Gasteiger partial charge < -0.3 is 25.2 Å². The van der Waals surface area contributed by atoms with E-state index in [4.69, 9.17) is 13.8 Å². The third-order valence-electron chi connectivity index (χ3n) is 10.2. The molecule has 3 unspecified atom stereocenters. The molecule has 0 aliphatic carbocycles. The number of hydrogen-bond donors (Lipinski definition) is 4. The van der Waals surface area contributed by atoms with Gasteiger partial charge in [0.05, 0.1) is 13.2 Å². The lowest BCUT2D eigenvalue weighted by atomic mass is 10.0. The molecule has 12 heteroatoms. The maximum absolute atomic E-state index is 12.3. The molecule has 11 nitrogen and oxygen atoms in total. The van der Waals surface area contributed by atoms with E-state index in [1.807, 2.05) is 0 Å². The fraction of sp³-hybridized carbons (Fsp3) is 0.848. The van der Waals surface area contributed by atoms with Gasteiger partial charge in [-0.3, -0.25) is 18.6 Å². The summed E-state index contributed by atoms with van der Waals surface area (Å²) >= 11 is 0. The summed E-state index contributed by atoms with van der Waals surface area (Å²) in [7, 11) is -4.75. The van der Waals surface area contributed by atoms with Gasteiger partial charge in [0, 0.05) is 12.8 Å². The zero-order valence-corrected chi connectivity index (χ0v) is 37.8. The van der Waals surface area contributed by atoms with E-state index in [2.05, 4.69) is 43.5 Å². The number of ether oxygens (including phenoxy) is 1. The van der Waals surface area contributed by atoms with Crippen LogP contribution in [0.1, 0.15) is 219 Å². The number of phosphoric ester groups is 1. The molecule has 0 radical (unpaired) electrons. The summed E-state index contributed by atoms with van der Waals surface area (Å²) in [6.07, 6.45) is 43.5. The minimum atomic E-state index is -4.75. The van der Waals surface area contributed by atoms with Crippen LogP contribution in [0.2, 0.25) is 0 Å². The van der Waals surface area contributed by atoms with Gasteiger partial charge in [-0.1, -0.05) is 186 Å². The fourth-order valence-electron chi connectivity index (χ4n) is 6.58. The molecule has 0 aromatic heterocycles.